The van der Waals surface area contributed by atoms with Crippen LogP contribution in [-0.2, 0) is 0 Å². The van der Waals surface area contributed by atoms with Gasteiger partial charge >= 0.3 is 0 Å². The van der Waals surface area contributed by atoms with Gasteiger partial charge in [-0.1, -0.05) is 26.0 Å². The van der Waals surface area contributed by atoms with E-state index in [0.717, 1.165) is 5.52 Å². The van der Waals surface area contributed by atoms with Gasteiger partial charge in [0.2, 0.25) is 0 Å². The molecule has 1 aromatic carbocycles. The number of aromatic nitrogens is 2. The highest BCUT2D eigenvalue weighted by Gasteiger charge is 2.07. The van der Waals surface area contributed by atoms with Crippen LogP contribution in [0.25, 0.3) is 10.9 Å². The molecule has 0 saturated carbocycles. The molecule has 0 N–H and O–H groups in total. The standard InChI is InChI=1S/C12H14N2/c1-8(2)10-5-4-9(3)12-11(10)6-13-7-14-12/h4-8H,1-3H3. The van der Waals surface area contributed by atoms with E-state index in [2.05, 4.69) is 42.9 Å². The van der Waals surface area contributed by atoms with Crippen molar-refractivity contribution in [1.82, 2.24) is 9.97 Å². The van der Waals surface area contributed by atoms with Gasteiger partial charge in [-0.15, -0.1) is 0 Å². The maximum absolute atomic E-state index is 4.31. The van der Waals surface area contributed by atoms with Gasteiger partial charge in [-0.2, -0.15) is 0 Å². The molecule has 0 aliphatic heterocycles. The average Bonchev–Trinajstić information content (AvgIpc) is 2.18. The Hall–Kier alpha value is -1.44. The summed E-state index contributed by atoms with van der Waals surface area (Å²) in [6, 6.07) is 4.30. The molecule has 2 heteroatoms. The molecule has 0 aliphatic carbocycles. The predicted molar refractivity (Wildman–Crippen MR) is 58.4 cm³/mol. The lowest BCUT2D eigenvalue weighted by molar-refractivity contribution is 0.874. The molecule has 0 unspecified atom stereocenters. The maximum atomic E-state index is 4.31. The third-order valence-electron chi connectivity index (χ3n) is 2.53. The van der Waals surface area contributed by atoms with Crippen molar-refractivity contribution in [3.05, 3.63) is 35.8 Å². The smallest absolute Gasteiger partial charge is 0.116 e. The molecule has 14 heavy (non-hydrogen) atoms. The van der Waals surface area contributed by atoms with Crippen molar-refractivity contribution in [2.24, 2.45) is 0 Å². The first-order valence-corrected chi connectivity index (χ1v) is 4.89. The second kappa shape index (κ2) is 3.37. The molecule has 0 fully saturated rings. The van der Waals surface area contributed by atoms with E-state index in [1.54, 1.807) is 6.33 Å². The van der Waals surface area contributed by atoms with Crippen LogP contribution in [0.4, 0.5) is 0 Å². The van der Waals surface area contributed by atoms with Crippen LogP contribution in [0.15, 0.2) is 24.7 Å². The molecule has 0 bridgehead atoms. The highest BCUT2D eigenvalue weighted by atomic mass is 14.8. The van der Waals surface area contributed by atoms with E-state index in [0.29, 0.717) is 5.92 Å². The van der Waals surface area contributed by atoms with Crippen molar-refractivity contribution in [2.75, 3.05) is 0 Å². The number of benzene rings is 1. The third kappa shape index (κ3) is 1.37. The molecular weight excluding hydrogens is 172 g/mol. The van der Waals surface area contributed by atoms with Crippen LogP contribution >= 0.6 is 0 Å². The molecule has 1 heterocycles. The first kappa shape index (κ1) is 9.13. The van der Waals surface area contributed by atoms with Crippen LogP contribution < -0.4 is 0 Å². The fourth-order valence-corrected chi connectivity index (χ4v) is 1.74. The van der Waals surface area contributed by atoms with Gasteiger partial charge in [0, 0.05) is 11.6 Å². The van der Waals surface area contributed by atoms with Crippen molar-refractivity contribution in [3.63, 3.8) is 0 Å². The monoisotopic (exact) mass is 186 g/mol. The van der Waals surface area contributed by atoms with Crippen molar-refractivity contribution in [1.29, 1.82) is 0 Å². The second-order valence-corrected chi connectivity index (χ2v) is 3.91. The molecule has 0 saturated heterocycles. The Morgan fingerprint density at radius 1 is 1.21 bits per heavy atom. The van der Waals surface area contributed by atoms with Crippen molar-refractivity contribution >= 4 is 10.9 Å². The Labute approximate surface area is 84.0 Å². The minimum atomic E-state index is 0.518. The van der Waals surface area contributed by atoms with E-state index in [-0.39, 0.29) is 0 Å². The lowest BCUT2D eigenvalue weighted by atomic mass is 9.97. The first-order chi connectivity index (χ1) is 6.70. The Morgan fingerprint density at radius 3 is 2.71 bits per heavy atom. The summed E-state index contributed by atoms with van der Waals surface area (Å²) in [7, 11) is 0. The molecule has 1 aromatic heterocycles. The summed E-state index contributed by atoms with van der Waals surface area (Å²) < 4.78 is 0. The zero-order valence-electron chi connectivity index (χ0n) is 8.78. The lowest BCUT2D eigenvalue weighted by Gasteiger charge is -2.10. The summed E-state index contributed by atoms with van der Waals surface area (Å²) in [5, 5.41) is 1.18. The topological polar surface area (TPSA) is 25.8 Å². The average molecular weight is 186 g/mol. The van der Waals surface area contributed by atoms with Gasteiger partial charge in [-0.25, -0.2) is 9.97 Å². The number of nitrogens with zero attached hydrogens (tertiary/aromatic N) is 2. The van der Waals surface area contributed by atoms with E-state index < -0.39 is 0 Å². The normalized spacial score (nSPS) is 11.1. The Morgan fingerprint density at radius 2 is 2.00 bits per heavy atom. The molecule has 2 rings (SSSR count). The van der Waals surface area contributed by atoms with Crippen LogP contribution in [0.2, 0.25) is 0 Å². The van der Waals surface area contributed by atoms with Crippen LogP contribution in [-0.4, -0.2) is 9.97 Å². The van der Waals surface area contributed by atoms with E-state index in [1.165, 1.54) is 16.5 Å². The van der Waals surface area contributed by atoms with Crippen LogP contribution in [0.3, 0.4) is 0 Å². The number of fused-ring (bicyclic) bond motifs is 1. The van der Waals surface area contributed by atoms with E-state index in [4.69, 9.17) is 0 Å². The number of rotatable bonds is 1. The largest absolute Gasteiger partial charge is 0.244 e. The molecule has 0 atom stereocenters. The van der Waals surface area contributed by atoms with Crippen molar-refractivity contribution < 1.29 is 0 Å². The summed E-state index contributed by atoms with van der Waals surface area (Å²) in [6.45, 7) is 6.47. The zero-order valence-corrected chi connectivity index (χ0v) is 8.78. The summed E-state index contributed by atoms with van der Waals surface area (Å²) in [5.74, 6) is 0.518. The second-order valence-electron chi connectivity index (χ2n) is 3.91. The lowest BCUT2D eigenvalue weighted by Crippen LogP contribution is -1.93. The maximum Gasteiger partial charge on any atom is 0.116 e. The summed E-state index contributed by atoms with van der Waals surface area (Å²) in [5.41, 5.74) is 3.62. The van der Waals surface area contributed by atoms with Gasteiger partial charge in [0.05, 0.1) is 5.52 Å². The van der Waals surface area contributed by atoms with Crippen LogP contribution in [0, 0.1) is 6.92 Å². The molecule has 0 amide bonds. The van der Waals surface area contributed by atoms with Gasteiger partial charge in [-0.3, -0.25) is 0 Å². The first-order valence-electron chi connectivity index (χ1n) is 4.89. The molecule has 0 spiro atoms. The molecule has 2 nitrogen and oxygen atoms in total. The van der Waals surface area contributed by atoms with Gasteiger partial charge < -0.3 is 0 Å². The Balaban J connectivity index is 2.82. The Bertz CT molecular complexity index is 461. The zero-order chi connectivity index (χ0) is 10.1. The molecule has 2 aromatic rings. The number of hydrogen-bond donors (Lipinski definition) is 0. The predicted octanol–water partition coefficient (Wildman–Crippen LogP) is 3.06. The minimum Gasteiger partial charge on any atom is -0.244 e. The molecular formula is C12H14N2. The summed E-state index contributed by atoms with van der Waals surface area (Å²) in [4.78, 5) is 8.40. The number of aryl methyl sites for hydroxylation is 1. The number of hydrogen-bond acceptors (Lipinski definition) is 2. The summed E-state index contributed by atoms with van der Waals surface area (Å²) >= 11 is 0. The fourth-order valence-electron chi connectivity index (χ4n) is 1.74. The summed E-state index contributed by atoms with van der Waals surface area (Å²) in [6.07, 6.45) is 3.52. The van der Waals surface area contributed by atoms with Crippen LogP contribution in [0.1, 0.15) is 30.9 Å². The van der Waals surface area contributed by atoms with Crippen molar-refractivity contribution in [2.45, 2.75) is 26.7 Å². The highest BCUT2D eigenvalue weighted by Crippen LogP contribution is 2.25. The van der Waals surface area contributed by atoms with Gasteiger partial charge in [0.15, 0.2) is 0 Å². The van der Waals surface area contributed by atoms with Gasteiger partial charge in [0.1, 0.15) is 6.33 Å². The third-order valence-corrected chi connectivity index (χ3v) is 2.53. The van der Waals surface area contributed by atoms with Gasteiger partial charge in [-0.05, 0) is 24.0 Å². The van der Waals surface area contributed by atoms with Gasteiger partial charge in [0.25, 0.3) is 0 Å². The van der Waals surface area contributed by atoms with Crippen molar-refractivity contribution in [3.8, 4) is 0 Å². The van der Waals surface area contributed by atoms with E-state index in [9.17, 15) is 0 Å². The molecule has 0 aliphatic rings. The Kier molecular flexibility index (Phi) is 2.20. The van der Waals surface area contributed by atoms with E-state index in [1.807, 2.05) is 6.20 Å². The highest BCUT2D eigenvalue weighted by molar-refractivity contribution is 5.84. The SMILES string of the molecule is Cc1ccc(C(C)C)c2cncnc12. The minimum absolute atomic E-state index is 0.518. The van der Waals surface area contributed by atoms with Crippen LogP contribution in [0.5, 0.6) is 0 Å². The fraction of sp³-hybridized carbons (Fsp3) is 0.333. The quantitative estimate of drug-likeness (QED) is 0.684. The molecule has 0 radical (unpaired) electrons. The molecule has 72 valence electrons. The van der Waals surface area contributed by atoms with E-state index >= 15 is 0 Å².